The van der Waals surface area contributed by atoms with Crippen LogP contribution >= 0.6 is 0 Å². The summed E-state index contributed by atoms with van der Waals surface area (Å²) in [5.74, 6) is -0.220. The third kappa shape index (κ3) is 4.70. The Morgan fingerprint density at radius 1 is 1.38 bits per heavy atom. The summed E-state index contributed by atoms with van der Waals surface area (Å²) in [6.45, 7) is 8.99. The number of hydrogen-bond donors (Lipinski definition) is 2. The molecule has 0 atom stereocenters. The van der Waals surface area contributed by atoms with Crippen LogP contribution in [-0.4, -0.2) is 36.4 Å². The van der Waals surface area contributed by atoms with Gasteiger partial charge in [-0.05, 0) is 57.2 Å². The molecule has 5 nitrogen and oxygen atoms in total. The number of methoxy groups -OCH3 is 1. The van der Waals surface area contributed by atoms with Crippen molar-refractivity contribution >= 4 is 17.3 Å². The van der Waals surface area contributed by atoms with Crippen LogP contribution in [0.2, 0.25) is 0 Å². The lowest BCUT2D eigenvalue weighted by atomic mass is 9.80. The second kappa shape index (κ2) is 7.87. The summed E-state index contributed by atoms with van der Waals surface area (Å²) in [5, 5.41) is 10.2. The first kappa shape index (κ1) is 20.6. The summed E-state index contributed by atoms with van der Waals surface area (Å²) in [6, 6.07) is 6.52. The minimum absolute atomic E-state index is 0.220. The maximum absolute atomic E-state index is 11.7. The zero-order chi connectivity index (χ0) is 19.5. The highest BCUT2D eigenvalue weighted by molar-refractivity contribution is 5.73. The van der Waals surface area contributed by atoms with Crippen molar-refractivity contribution in [1.29, 1.82) is 0 Å². The minimum Gasteiger partial charge on any atom is -0.469 e. The third-order valence-electron chi connectivity index (χ3n) is 5.75. The molecule has 0 heterocycles. The Hall–Kier alpha value is -1.75. The van der Waals surface area contributed by atoms with E-state index in [2.05, 4.69) is 24.0 Å². The van der Waals surface area contributed by atoms with Crippen molar-refractivity contribution in [3.63, 3.8) is 0 Å². The van der Waals surface area contributed by atoms with Gasteiger partial charge in [-0.3, -0.25) is 4.79 Å². The predicted octanol–water partition coefficient (Wildman–Crippen LogP) is 3.63. The number of nitrogens with zero attached hydrogens (tertiary/aromatic N) is 1. The summed E-state index contributed by atoms with van der Waals surface area (Å²) in [5.41, 5.74) is 8.35. The molecule has 0 aliphatic heterocycles. The van der Waals surface area contributed by atoms with E-state index >= 15 is 0 Å². The Kier molecular flexibility index (Phi) is 6.22. The molecule has 26 heavy (non-hydrogen) atoms. The van der Waals surface area contributed by atoms with Gasteiger partial charge in [0, 0.05) is 18.0 Å². The highest BCUT2D eigenvalue weighted by Crippen LogP contribution is 2.37. The number of ether oxygens (including phenoxy) is 1. The zero-order valence-electron chi connectivity index (χ0n) is 16.8. The topological polar surface area (TPSA) is 75.8 Å². The lowest BCUT2D eigenvalue weighted by molar-refractivity contribution is -0.141. The van der Waals surface area contributed by atoms with Crippen LogP contribution in [0.4, 0.5) is 11.4 Å². The Morgan fingerprint density at radius 2 is 2.00 bits per heavy atom. The Balaban J connectivity index is 2.21. The maximum atomic E-state index is 11.7. The largest absolute Gasteiger partial charge is 0.469 e. The number of aliphatic hydroxyl groups is 1. The second-order valence-electron chi connectivity index (χ2n) is 8.42. The normalized spacial score (nSPS) is 23.5. The number of hydrogen-bond acceptors (Lipinski definition) is 5. The maximum Gasteiger partial charge on any atom is 0.306 e. The Morgan fingerprint density at radius 3 is 2.50 bits per heavy atom. The van der Waals surface area contributed by atoms with Gasteiger partial charge in [-0.25, -0.2) is 0 Å². The van der Waals surface area contributed by atoms with E-state index in [0.29, 0.717) is 12.5 Å². The van der Waals surface area contributed by atoms with Crippen LogP contribution in [0.1, 0.15) is 65.4 Å². The van der Waals surface area contributed by atoms with Crippen molar-refractivity contribution in [2.24, 2.45) is 0 Å². The number of carbonyl (C=O) groups excluding carboxylic acids is 1. The fourth-order valence-corrected chi connectivity index (χ4v) is 3.93. The van der Waals surface area contributed by atoms with Gasteiger partial charge in [-0.15, -0.1) is 0 Å². The minimum atomic E-state index is -0.538. The fraction of sp³-hybridized carbons (Fsp3) is 0.667. The van der Waals surface area contributed by atoms with Crippen LogP contribution < -0.4 is 10.6 Å². The summed E-state index contributed by atoms with van der Waals surface area (Å²) >= 11 is 0. The number of carbonyl (C=O) groups is 1. The van der Waals surface area contributed by atoms with Crippen molar-refractivity contribution in [2.45, 2.75) is 76.9 Å². The van der Waals surface area contributed by atoms with Gasteiger partial charge in [0.15, 0.2) is 0 Å². The molecular weight excluding hydrogens is 328 g/mol. The van der Waals surface area contributed by atoms with Crippen LogP contribution in [0.15, 0.2) is 18.2 Å². The third-order valence-corrected chi connectivity index (χ3v) is 5.75. The summed E-state index contributed by atoms with van der Waals surface area (Å²) in [7, 11) is 1.41. The van der Waals surface area contributed by atoms with E-state index in [9.17, 15) is 9.90 Å². The molecule has 1 aromatic rings. The van der Waals surface area contributed by atoms with Gasteiger partial charge in [0.2, 0.25) is 0 Å². The van der Waals surface area contributed by atoms with Crippen molar-refractivity contribution in [1.82, 2.24) is 0 Å². The average molecular weight is 363 g/mol. The van der Waals surface area contributed by atoms with Gasteiger partial charge in [-0.1, -0.05) is 19.9 Å². The van der Waals surface area contributed by atoms with Crippen LogP contribution in [0.25, 0.3) is 0 Å². The van der Waals surface area contributed by atoms with Crippen molar-refractivity contribution in [3.05, 3.63) is 23.8 Å². The molecule has 0 saturated heterocycles. The predicted molar refractivity (Wildman–Crippen MR) is 106 cm³/mol. The SMILES string of the molecule is CCN(c1ccc(C(C)(C)CC(=O)OC)cc1N)C1CCC(C)(O)CC1. The summed E-state index contributed by atoms with van der Waals surface area (Å²) < 4.78 is 4.81. The molecule has 3 N–H and O–H groups in total. The first-order valence-corrected chi connectivity index (χ1v) is 9.55. The monoisotopic (exact) mass is 362 g/mol. The smallest absolute Gasteiger partial charge is 0.306 e. The van der Waals surface area contributed by atoms with E-state index in [0.717, 1.165) is 49.2 Å². The average Bonchev–Trinajstić information content (AvgIpc) is 2.57. The lowest BCUT2D eigenvalue weighted by Gasteiger charge is -2.40. The fourth-order valence-electron chi connectivity index (χ4n) is 3.93. The molecule has 1 saturated carbocycles. The molecule has 1 aliphatic carbocycles. The number of nitrogen functional groups attached to an aromatic ring is 1. The van der Waals surface area contributed by atoms with Gasteiger partial charge in [0.1, 0.15) is 0 Å². The van der Waals surface area contributed by atoms with E-state index in [4.69, 9.17) is 10.5 Å². The van der Waals surface area contributed by atoms with Crippen LogP contribution in [0.3, 0.4) is 0 Å². The first-order valence-electron chi connectivity index (χ1n) is 9.55. The van der Waals surface area contributed by atoms with Gasteiger partial charge < -0.3 is 20.5 Å². The molecule has 5 heteroatoms. The Bertz CT molecular complexity index is 630. The van der Waals surface area contributed by atoms with E-state index in [1.54, 1.807) is 0 Å². The molecular formula is C21H34N2O3. The number of esters is 1. The summed E-state index contributed by atoms with van der Waals surface area (Å²) in [6.07, 6.45) is 3.89. The van der Waals surface area contributed by atoms with Crippen LogP contribution in [-0.2, 0) is 14.9 Å². The molecule has 0 radical (unpaired) electrons. The lowest BCUT2D eigenvalue weighted by Crippen LogP contribution is -2.42. The number of rotatable bonds is 6. The van der Waals surface area contributed by atoms with Gasteiger partial charge in [-0.2, -0.15) is 0 Å². The van der Waals surface area contributed by atoms with Crippen molar-refractivity contribution < 1.29 is 14.6 Å². The van der Waals surface area contributed by atoms with Gasteiger partial charge in [0.25, 0.3) is 0 Å². The van der Waals surface area contributed by atoms with E-state index < -0.39 is 5.60 Å². The first-order chi connectivity index (χ1) is 12.1. The van der Waals surface area contributed by atoms with E-state index in [1.807, 2.05) is 26.8 Å². The van der Waals surface area contributed by atoms with Crippen LogP contribution in [0, 0.1) is 0 Å². The van der Waals surface area contributed by atoms with E-state index in [1.165, 1.54) is 7.11 Å². The number of benzene rings is 1. The molecule has 0 aromatic heterocycles. The molecule has 2 rings (SSSR count). The van der Waals surface area contributed by atoms with E-state index in [-0.39, 0.29) is 11.4 Å². The highest BCUT2D eigenvalue weighted by Gasteiger charge is 2.32. The summed E-state index contributed by atoms with van der Waals surface area (Å²) in [4.78, 5) is 14.0. The van der Waals surface area contributed by atoms with Crippen molar-refractivity contribution in [2.75, 3.05) is 24.3 Å². The molecule has 0 bridgehead atoms. The molecule has 1 fully saturated rings. The highest BCUT2D eigenvalue weighted by atomic mass is 16.5. The van der Waals surface area contributed by atoms with Crippen LogP contribution in [0.5, 0.6) is 0 Å². The zero-order valence-corrected chi connectivity index (χ0v) is 16.8. The molecule has 1 aliphatic rings. The van der Waals surface area contributed by atoms with Crippen molar-refractivity contribution in [3.8, 4) is 0 Å². The second-order valence-corrected chi connectivity index (χ2v) is 8.42. The molecule has 0 unspecified atom stereocenters. The molecule has 1 aromatic carbocycles. The van der Waals surface area contributed by atoms with Gasteiger partial charge >= 0.3 is 5.97 Å². The standard InChI is InChI=1S/C21H34N2O3/c1-6-23(16-9-11-21(4,25)12-10-16)18-8-7-15(13-17(18)22)20(2,3)14-19(24)26-5/h7-8,13,16,25H,6,9-12,14,22H2,1-5H3. The molecule has 0 spiro atoms. The molecule has 0 amide bonds. The number of anilines is 2. The number of nitrogens with two attached hydrogens (primary N) is 1. The van der Waals surface area contributed by atoms with Gasteiger partial charge in [0.05, 0.1) is 30.5 Å². The molecule has 146 valence electrons. The quantitative estimate of drug-likeness (QED) is 0.597. The Labute approximate surface area is 157 Å².